The lowest BCUT2D eigenvalue weighted by molar-refractivity contribution is -0.130. The Morgan fingerprint density at radius 3 is 2.69 bits per heavy atom. The lowest BCUT2D eigenvalue weighted by atomic mass is 9.99. The molecular formula is C16H27IN6O2S. The maximum atomic E-state index is 12.3. The van der Waals surface area contributed by atoms with E-state index in [9.17, 15) is 9.59 Å². The number of nitrogens with one attached hydrogen (secondary N) is 3. The van der Waals surface area contributed by atoms with Crippen molar-refractivity contribution < 1.29 is 9.59 Å². The third-order valence-electron chi connectivity index (χ3n) is 4.20. The van der Waals surface area contributed by atoms with E-state index in [0.717, 1.165) is 5.01 Å². The first-order chi connectivity index (χ1) is 11.9. The Bertz CT molecular complexity index is 665. The van der Waals surface area contributed by atoms with Crippen LogP contribution in [-0.4, -0.2) is 53.5 Å². The summed E-state index contributed by atoms with van der Waals surface area (Å²) in [6.45, 7) is 7.28. The SMILES string of the molecule is CCC1(C)NC(=O)N(CCCNC(=NC)NCc2ncc(C)s2)C1=O.I. The fourth-order valence-corrected chi connectivity index (χ4v) is 3.22. The molecule has 1 atom stereocenters. The molecule has 1 aliphatic rings. The first-order valence-corrected chi connectivity index (χ1v) is 9.21. The fourth-order valence-electron chi connectivity index (χ4n) is 2.50. The summed E-state index contributed by atoms with van der Waals surface area (Å²) >= 11 is 1.64. The van der Waals surface area contributed by atoms with Crippen molar-refractivity contribution in [2.45, 2.75) is 45.7 Å². The Kier molecular flexibility index (Phi) is 8.74. The van der Waals surface area contributed by atoms with Gasteiger partial charge in [0.05, 0.1) is 6.54 Å². The van der Waals surface area contributed by atoms with Gasteiger partial charge < -0.3 is 16.0 Å². The molecule has 146 valence electrons. The number of urea groups is 1. The molecule has 0 spiro atoms. The molecule has 1 saturated heterocycles. The van der Waals surface area contributed by atoms with Crippen LogP contribution >= 0.6 is 35.3 Å². The standard InChI is InChI=1S/C16H26N6O2S.HI/c1-5-16(3)13(23)22(15(24)21-16)8-6-7-18-14(17-4)20-10-12-19-9-11(2)25-12;/h9H,5-8,10H2,1-4H3,(H,21,24)(H2,17,18,20);1H. The van der Waals surface area contributed by atoms with Crippen LogP contribution in [0.3, 0.4) is 0 Å². The van der Waals surface area contributed by atoms with E-state index in [2.05, 4.69) is 25.9 Å². The molecule has 0 aromatic carbocycles. The first kappa shape index (κ1) is 22.6. The number of carbonyl (C=O) groups excluding carboxylic acids is 2. The van der Waals surface area contributed by atoms with Gasteiger partial charge in [0, 0.05) is 31.2 Å². The second-order valence-corrected chi connectivity index (χ2v) is 7.46. The van der Waals surface area contributed by atoms with Crippen LogP contribution in [0.4, 0.5) is 4.79 Å². The van der Waals surface area contributed by atoms with Gasteiger partial charge in [-0.05, 0) is 26.7 Å². The predicted octanol–water partition coefficient (Wildman–Crippen LogP) is 1.85. The minimum atomic E-state index is -0.770. The van der Waals surface area contributed by atoms with Crippen molar-refractivity contribution in [1.82, 2.24) is 25.8 Å². The Hall–Kier alpha value is -1.43. The summed E-state index contributed by atoms with van der Waals surface area (Å²) in [5, 5.41) is 10.1. The number of aliphatic imine (C=N–C) groups is 1. The van der Waals surface area contributed by atoms with E-state index in [0.29, 0.717) is 38.4 Å². The first-order valence-electron chi connectivity index (χ1n) is 8.39. The van der Waals surface area contributed by atoms with Crippen molar-refractivity contribution in [3.8, 4) is 0 Å². The minimum Gasteiger partial charge on any atom is -0.356 e. The Labute approximate surface area is 175 Å². The number of aromatic nitrogens is 1. The minimum absolute atomic E-state index is 0. The molecule has 10 heteroatoms. The molecule has 1 aliphatic heterocycles. The lowest BCUT2D eigenvalue weighted by Crippen LogP contribution is -2.43. The van der Waals surface area contributed by atoms with Crippen LogP contribution in [0, 0.1) is 6.92 Å². The number of guanidine groups is 1. The van der Waals surface area contributed by atoms with Gasteiger partial charge >= 0.3 is 6.03 Å². The molecule has 3 amide bonds. The number of aryl methyl sites for hydroxylation is 1. The van der Waals surface area contributed by atoms with Gasteiger partial charge in [0.2, 0.25) is 0 Å². The molecule has 2 heterocycles. The van der Waals surface area contributed by atoms with E-state index in [-0.39, 0.29) is 35.9 Å². The van der Waals surface area contributed by atoms with Crippen molar-refractivity contribution in [2.75, 3.05) is 20.1 Å². The number of nitrogens with zero attached hydrogens (tertiary/aromatic N) is 3. The summed E-state index contributed by atoms with van der Waals surface area (Å²) in [6, 6.07) is -0.309. The largest absolute Gasteiger partial charge is 0.356 e. The fraction of sp³-hybridized carbons (Fsp3) is 0.625. The van der Waals surface area contributed by atoms with Crippen molar-refractivity contribution in [1.29, 1.82) is 0 Å². The summed E-state index contributed by atoms with van der Waals surface area (Å²) in [5.41, 5.74) is -0.770. The Balaban J connectivity index is 0.00000338. The maximum Gasteiger partial charge on any atom is 0.325 e. The average molecular weight is 494 g/mol. The second kappa shape index (κ2) is 10.0. The van der Waals surface area contributed by atoms with Gasteiger partial charge in [-0.2, -0.15) is 0 Å². The number of carbonyl (C=O) groups is 2. The van der Waals surface area contributed by atoms with Crippen molar-refractivity contribution in [3.63, 3.8) is 0 Å². The monoisotopic (exact) mass is 494 g/mol. The van der Waals surface area contributed by atoms with Crippen LogP contribution in [0.25, 0.3) is 0 Å². The van der Waals surface area contributed by atoms with Crippen LogP contribution in [0.15, 0.2) is 11.2 Å². The van der Waals surface area contributed by atoms with Gasteiger partial charge in [-0.3, -0.25) is 14.7 Å². The molecule has 0 aliphatic carbocycles. The Morgan fingerprint density at radius 1 is 1.42 bits per heavy atom. The average Bonchev–Trinajstić information content (AvgIpc) is 3.10. The normalized spacial score (nSPS) is 20.0. The van der Waals surface area contributed by atoms with Crippen LogP contribution < -0.4 is 16.0 Å². The number of thiazole rings is 1. The van der Waals surface area contributed by atoms with Crippen molar-refractivity contribution >= 4 is 53.2 Å². The molecule has 3 N–H and O–H groups in total. The van der Waals surface area contributed by atoms with E-state index < -0.39 is 5.54 Å². The molecule has 0 saturated carbocycles. The number of hydrogen-bond acceptors (Lipinski definition) is 5. The highest BCUT2D eigenvalue weighted by Gasteiger charge is 2.45. The molecule has 0 radical (unpaired) electrons. The molecule has 0 bridgehead atoms. The summed E-state index contributed by atoms with van der Waals surface area (Å²) in [6.07, 6.45) is 3.08. The highest BCUT2D eigenvalue weighted by molar-refractivity contribution is 14.0. The van der Waals surface area contributed by atoms with E-state index >= 15 is 0 Å². The highest BCUT2D eigenvalue weighted by atomic mass is 127. The van der Waals surface area contributed by atoms with Gasteiger partial charge in [0.1, 0.15) is 10.5 Å². The topological polar surface area (TPSA) is 98.7 Å². The zero-order valence-electron chi connectivity index (χ0n) is 15.6. The van der Waals surface area contributed by atoms with Crippen molar-refractivity contribution in [3.05, 3.63) is 16.1 Å². The lowest BCUT2D eigenvalue weighted by Gasteiger charge is -2.19. The van der Waals surface area contributed by atoms with Crippen LogP contribution in [0.5, 0.6) is 0 Å². The van der Waals surface area contributed by atoms with E-state index in [1.165, 1.54) is 9.78 Å². The van der Waals surface area contributed by atoms with Gasteiger partial charge in [0.15, 0.2) is 5.96 Å². The molecular weight excluding hydrogens is 467 g/mol. The molecule has 1 aromatic rings. The third kappa shape index (κ3) is 5.53. The van der Waals surface area contributed by atoms with Gasteiger partial charge in [-0.15, -0.1) is 35.3 Å². The molecule has 1 aromatic heterocycles. The van der Waals surface area contributed by atoms with Crippen LogP contribution in [-0.2, 0) is 11.3 Å². The number of halogens is 1. The van der Waals surface area contributed by atoms with E-state index in [1.54, 1.807) is 25.3 Å². The van der Waals surface area contributed by atoms with Gasteiger partial charge in [-0.1, -0.05) is 6.92 Å². The molecule has 1 unspecified atom stereocenters. The second-order valence-electron chi connectivity index (χ2n) is 6.14. The predicted molar refractivity (Wildman–Crippen MR) is 114 cm³/mol. The summed E-state index contributed by atoms with van der Waals surface area (Å²) < 4.78 is 0. The summed E-state index contributed by atoms with van der Waals surface area (Å²) in [5.74, 6) is 0.519. The van der Waals surface area contributed by atoms with Crippen LogP contribution in [0.2, 0.25) is 0 Å². The third-order valence-corrected chi connectivity index (χ3v) is 5.12. The maximum absolute atomic E-state index is 12.3. The molecule has 8 nitrogen and oxygen atoms in total. The zero-order valence-corrected chi connectivity index (χ0v) is 18.7. The van der Waals surface area contributed by atoms with E-state index in [1.807, 2.05) is 20.0 Å². The molecule has 26 heavy (non-hydrogen) atoms. The smallest absolute Gasteiger partial charge is 0.325 e. The number of hydrogen-bond donors (Lipinski definition) is 3. The van der Waals surface area contributed by atoms with Gasteiger partial charge in [0.25, 0.3) is 5.91 Å². The van der Waals surface area contributed by atoms with Crippen LogP contribution in [0.1, 0.15) is 36.6 Å². The van der Waals surface area contributed by atoms with E-state index in [4.69, 9.17) is 0 Å². The summed E-state index contributed by atoms with van der Waals surface area (Å²) in [4.78, 5) is 35.1. The zero-order chi connectivity index (χ0) is 18.4. The highest BCUT2D eigenvalue weighted by Crippen LogP contribution is 2.20. The molecule has 2 rings (SSSR count). The number of imide groups is 1. The van der Waals surface area contributed by atoms with Gasteiger partial charge in [-0.25, -0.2) is 9.78 Å². The summed E-state index contributed by atoms with van der Waals surface area (Å²) in [7, 11) is 1.70. The number of rotatable bonds is 7. The molecule has 1 fully saturated rings. The quantitative estimate of drug-likeness (QED) is 0.177. The number of amides is 3. The Morgan fingerprint density at radius 2 is 2.15 bits per heavy atom. The van der Waals surface area contributed by atoms with Crippen molar-refractivity contribution in [2.24, 2.45) is 4.99 Å².